The molecule has 5 nitrogen and oxygen atoms in total. The van der Waals surface area contributed by atoms with Crippen LogP contribution in [0.2, 0.25) is 0 Å². The monoisotopic (exact) mass is 181 g/mol. The van der Waals surface area contributed by atoms with Gasteiger partial charge in [0.25, 0.3) is 0 Å². The molecule has 0 aromatic carbocycles. The molecule has 0 aromatic rings. The number of carboxylic acid groups (broad SMARTS) is 1. The maximum atomic E-state index is 9.73. The summed E-state index contributed by atoms with van der Waals surface area (Å²) < 4.78 is 8.70. The molecule has 0 saturated carbocycles. The second-order valence-electron chi connectivity index (χ2n) is 1.81. The molecule has 0 aliphatic carbocycles. The van der Waals surface area contributed by atoms with Crippen LogP contribution in [-0.2, 0) is 9.36 Å². The lowest BCUT2D eigenvalue weighted by Crippen LogP contribution is -1.86. The van der Waals surface area contributed by atoms with Gasteiger partial charge in [0.05, 0.1) is 0 Å². The maximum Gasteiger partial charge on any atom is 0.692 e. The minimum Gasteiger partial charge on any atom is -0.478 e. The Bertz CT molecular complexity index is 166. The number of rotatable bonds is 1. The van der Waals surface area contributed by atoms with Crippen LogP contribution in [0.25, 0.3) is 0 Å². The first-order chi connectivity index (χ1) is 4.86. The van der Waals surface area contributed by atoms with Gasteiger partial charge in [0.15, 0.2) is 0 Å². The molecule has 0 amide bonds. The van der Waals surface area contributed by atoms with Gasteiger partial charge in [-0.1, -0.05) is 5.57 Å². The van der Waals surface area contributed by atoms with Crippen molar-refractivity contribution >= 4 is 14.2 Å². The van der Waals surface area contributed by atoms with Crippen LogP contribution in [-0.4, -0.2) is 20.9 Å². The molecule has 0 rings (SSSR count). The zero-order valence-corrected chi connectivity index (χ0v) is 7.08. The Morgan fingerprint density at radius 3 is 1.64 bits per heavy atom. The molecule has 0 spiro atoms. The summed E-state index contributed by atoms with van der Waals surface area (Å²) >= 11 is 0. The number of hydrogen-bond acceptors (Lipinski definition) is 2. The van der Waals surface area contributed by atoms with Gasteiger partial charge in [-0.25, -0.2) is 4.79 Å². The highest BCUT2D eigenvalue weighted by Gasteiger charge is 1.93. The molecule has 0 aromatic heterocycles. The topological polar surface area (TPSA) is 94.8 Å². The third-order valence-corrected chi connectivity index (χ3v) is 0.412. The fourth-order valence-corrected chi connectivity index (χ4v) is 0.247. The minimum atomic E-state index is -2.87. The summed E-state index contributed by atoms with van der Waals surface area (Å²) in [5, 5.41) is 8.01. The van der Waals surface area contributed by atoms with Crippen LogP contribution in [0.1, 0.15) is 13.8 Å². The van der Waals surface area contributed by atoms with E-state index in [0.717, 1.165) is 5.57 Å². The second-order valence-corrected chi connectivity index (χ2v) is 2.32. The lowest BCUT2D eigenvalue weighted by Gasteiger charge is -1.79. The van der Waals surface area contributed by atoms with Gasteiger partial charge in [0, 0.05) is 10.6 Å². The van der Waals surface area contributed by atoms with Crippen molar-refractivity contribution in [1.29, 1.82) is 0 Å². The number of aliphatic carboxylic acids is 1. The molecule has 0 bridgehead atoms. The zero-order valence-electron chi connectivity index (χ0n) is 6.18. The first-order valence-electron chi connectivity index (χ1n) is 2.59. The smallest absolute Gasteiger partial charge is 0.478 e. The van der Waals surface area contributed by atoms with E-state index in [4.69, 9.17) is 19.5 Å². The Morgan fingerprint density at radius 1 is 1.36 bits per heavy atom. The van der Waals surface area contributed by atoms with E-state index < -0.39 is 14.2 Å². The molecular formula is C5H10O5P+. The van der Waals surface area contributed by atoms with E-state index >= 15 is 0 Å². The normalized spacial score (nSPS) is 7.27. The largest absolute Gasteiger partial charge is 0.692 e. The molecule has 0 saturated heterocycles. The SMILES string of the molecule is CC(C)=CC(=O)O.O=[P+](O)O. The Labute approximate surface area is 64.9 Å². The lowest BCUT2D eigenvalue weighted by atomic mass is 10.3. The van der Waals surface area contributed by atoms with Crippen molar-refractivity contribution in [3.8, 4) is 0 Å². The highest BCUT2D eigenvalue weighted by atomic mass is 31.1. The van der Waals surface area contributed by atoms with Crippen molar-refractivity contribution in [3.05, 3.63) is 11.6 Å². The Kier molecular flexibility index (Phi) is 8.58. The lowest BCUT2D eigenvalue weighted by molar-refractivity contribution is -0.131. The molecule has 6 heteroatoms. The van der Waals surface area contributed by atoms with Crippen LogP contribution >= 0.6 is 8.25 Å². The molecule has 0 atom stereocenters. The highest BCUT2D eigenvalue weighted by molar-refractivity contribution is 7.30. The fraction of sp³-hybridized carbons (Fsp3) is 0.400. The van der Waals surface area contributed by atoms with Gasteiger partial charge >= 0.3 is 14.2 Å². The molecule has 3 N–H and O–H groups in total. The van der Waals surface area contributed by atoms with Crippen molar-refractivity contribution in [2.24, 2.45) is 0 Å². The Balaban J connectivity index is 0. The van der Waals surface area contributed by atoms with Crippen LogP contribution in [0.3, 0.4) is 0 Å². The molecule has 11 heavy (non-hydrogen) atoms. The van der Waals surface area contributed by atoms with Crippen molar-refractivity contribution in [2.45, 2.75) is 13.8 Å². The van der Waals surface area contributed by atoms with Crippen LogP contribution in [0.15, 0.2) is 11.6 Å². The highest BCUT2D eigenvalue weighted by Crippen LogP contribution is 1.98. The average Bonchev–Trinajstić information content (AvgIpc) is 1.56. The van der Waals surface area contributed by atoms with Crippen molar-refractivity contribution < 1.29 is 24.3 Å². The average molecular weight is 181 g/mol. The molecule has 0 radical (unpaired) electrons. The van der Waals surface area contributed by atoms with Gasteiger partial charge in [-0.3, -0.25) is 0 Å². The van der Waals surface area contributed by atoms with Crippen LogP contribution < -0.4 is 0 Å². The predicted molar refractivity (Wildman–Crippen MR) is 39.1 cm³/mol. The van der Waals surface area contributed by atoms with E-state index in [1.54, 1.807) is 13.8 Å². The molecule has 64 valence electrons. The van der Waals surface area contributed by atoms with Crippen LogP contribution in [0.4, 0.5) is 0 Å². The van der Waals surface area contributed by atoms with E-state index in [0.29, 0.717) is 0 Å². The van der Waals surface area contributed by atoms with Gasteiger partial charge in [-0.05, 0) is 13.8 Å². The van der Waals surface area contributed by atoms with E-state index in [1.165, 1.54) is 6.08 Å². The van der Waals surface area contributed by atoms with E-state index in [2.05, 4.69) is 0 Å². The third kappa shape index (κ3) is 46.2. The Morgan fingerprint density at radius 2 is 1.64 bits per heavy atom. The van der Waals surface area contributed by atoms with Crippen LogP contribution in [0, 0.1) is 0 Å². The van der Waals surface area contributed by atoms with Crippen molar-refractivity contribution in [3.63, 3.8) is 0 Å². The molecule has 0 aliphatic rings. The summed E-state index contributed by atoms with van der Waals surface area (Å²) in [5.74, 6) is -0.875. The number of carboxylic acids is 1. The van der Waals surface area contributed by atoms with E-state index in [-0.39, 0.29) is 0 Å². The number of allylic oxidation sites excluding steroid dienone is 1. The van der Waals surface area contributed by atoms with Gasteiger partial charge in [0.2, 0.25) is 0 Å². The van der Waals surface area contributed by atoms with E-state index in [9.17, 15) is 4.79 Å². The quantitative estimate of drug-likeness (QED) is 0.408. The first kappa shape index (κ1) is 12.9. The second kappa shape index (κ2) is 7.34. The first-order valence-corrected chi connectivity index (χ1v) is 3.75. The number of hydrogen-bond donors (Lipinski definition) is 3. The van der Waals surface area contributed by atoms with Gasteiger partial charge < -0.3 is 5.11 Å². The summed E-state index contributed by atoms with van der Waals surface area (Å²) in [6.07, 6.45) is 1.17. The Hall–Kier alpha value is -0.770. The fourth-order valence-electron chi connectivity index (χ4n) is 0.247. The van der Waals surface area contributed by atoms with E-state index in [1.807, 2.05) is 0 Å². The van der Waals surface area contributed by atoms with Gasteiger partial charge in [-0.15, -0.1) is 9.79 Å². The summed E-state index contributed by atoms with van der Waals surface area (Å²) in [6.45, 7) is 3.49. The van der Waals surface area contributed by atoms with Crippen molar-refractivity contribution in [1.82, 2.24) is 0 Å². The maximum absolute atomic E-state index is 9.73. The molecule has 0 fully saturated rings. The molecule has 0 unspecified atom stereocenters. The summed E-state index contributed by atoms with van der Waals surface area (Å²) in [5.41, 5.74) is 0.813. The zero-order chi connectivity index (χ0) is 9.44. The van der Waals surface area contributed by atoms with Gasteiger partial charge in [0.1, 0.15) is 0 Å². The summed E-state index contributed by atoms with van der Waals surface area (Å²) in [7, 11) is -2.87. The number of carbonyl (C=O) groups is 1. The predicted octanol–water partition coefficient (Wildman–Crippen LogP) is 0.666. The third-order valence-electron chi connectivity index (χ3n) is 0.412. The summed E-state index contributed by atoms with van der Waals surface area (Å²) in [4.78, 5) is 24.0. The molecular weight excluding hydrogens is 171 g/mol. The van der Waals surface area contributed by atoms with Gasteiger partial charge in [-0.2, -0.15) is 0 Å². The molecule has 0 aliphatic heterocycles. The van der Waals surface area contributed by atoms with Crippen molar-refractivity contribution in [2.75, 3.05) is 0 Å². The minimum absolute atomic E-state index is 0.813. The summed E-state index contributed by atoms with van der Waals surface area (Å²) in [6, 6.07) is 0. The molecule has 0 heterocycles. The van der Waals surface area contributed by atoms with Crippen LogP contribution in [0.5, 0.6) is 0 Å². The standard InChI is InChI=1S/C5H8O2.HO3P/c1-4(2)3-5(6)7;1-4(2)3/h3H,1-2H3,(H,6,7);(H-,1,2,3)/p+1.